The van der Waals surface area contributed by atoms with E-state index in [2.05, 4.69) is 5.32 Å². The maximum absolute atomic E-state index is 12.0. The maximum atomic E-state index is 12.0. The van der Waals surface area contributed by atoms with Gasteiger partial charge in [0.15, 0.2) is 6.54 Å². The number of hydrogen-bond donors (Lipinski definition) is 1. The van der Waals surface area contributed by atoms with Crippen LogP contribution in [0.4, 0.5) is 5.69 Å². The molecule has 0 bridgehead atoms. The van der Waals surface area contributed by atoms with Gasteiger partial charge in [-0.15, -0.1) is 0 Å². The van der Waals surface area contributed by atoms with Crippen LogP contribution >= 0.6 is 0 Å². The van der Waals surface area contributed by atoms with Crippen LogP contribution in [0.2, 0.25) is 0 Å². The van der Waals surface area contributed by atoms with E-state index < -0.39 is 0 Å². The molecule has 4 nitrogen and oxygen atoms in total. The average Bonchev–Trinajstić information content (AvgIpc) is 2.69. The Balaban J connectivity index is 0.00000180. The summed E-state index contributed by atoms with van der Waals surface area (Å²) in [6, 6.07) is 5.99. The van der Waals surface area contributed by atoms with Gasteiger partial charge in [0, 0.05) is 38.4 Å². The van der Waals surface area contributed by atoms with Crippen molar-refractivity contribution in [1.82, 2.24) is 4.57 Å². The summed E-state index contributed by atoms with van der Waals surface area (Å²) >= 11 is 0. The second-order valence-electron chi connectivity index (χ2n) is 4.57. The zero-order valence-corrected chi connectivity index (χ0v) is 14.4. The molecule has 0 spiro atoms. The van der Waals surface area contributed by atoms with Crippen molar-refractivity contribution in [2.45, 2.75) is 20.4 Å². The van der Waals surface area contributed by atoms with Crippen molar-refractivity contribution in [3.63, 3.8) is 0 Å². The van der Waals surface area contributed by atoms with E-state index in [4.69, 9.17) is 0 Å². The molecule has 0 saturated carbocycles. The minimum absolute atomic E-state index is 0. The van der Waals surface area contributed by atoms with Crippen molar-refractivity contribution in [1.29, 1.82) is 0 Å². The summed E-state index contributed by atoms with van der Waals surface area (Å²) in [4.78, 5) is 12.0. The molecule has 1 aromatic heterocycles. The van der Waals surface area contributed by atoms with Gasteiger partial charge in [-0.05, 0) is 25.0 Å². The molecule has 0 saturated heterocycles. The van der Waals surface area contributed by atoms with E-state index in [0.29, 0.717) is 6.54 Å². The minimum atomic E-state index is -0.0106. The van der Waals surface area contributed by atoms with Crippen molar-refractivity contribution in [3.8, 4) is 0 Å². The van der Waals surface area contributed by atoms with Gasteiger partial charge in [-0.2, -0.15) is 0 Å². The summed E-state index contributed by atoms with van der Waals surface area (Å²) in [6.07, 6.45) is 5.67. The fourth-order valence-corrected chi connectivity index (χ4v) is 1.95. The summed E-state index contributed by atoms with van der Waals surface area (Å²) in [7, 11) is 1.93. The number of para-hydroxylation sites is 1. The zero-order valence-electron chi connectivity index (χ0n) is 11.6. The number of carbonyl (C=O) groups is 1. The molecule has 5 heteroatoms. The molecule has 2 rings (SSSR count). The average molecular weight is 333 g/mol. The van der Waals surface area contributed by atoms with Gasteiger partial charge in [-0.1, -0.05) is 18.2 Å². The van der Waals surface area contributed by atoms with Gasteiger partial charge in [0.05, 0.1) is 7.05 Å². The number of nitrogens with one attached hydrogen (secondary N) is 1. The molecule has 0 unspecified atom stereocenters. The minimum Gasteiger partial charge on any atom is -0.322 e. The zero-order chi connectivity index (χ0) is 13.1. The molecule has 0 aliphatic heterocycles. The number of benzene rings is 1. The van der Waals surface area contributed by atoms with E-state index in [1.807, 2.05) is 66.9 Å². The number of aryl methyl sites for hydroxylation is 3. The number of nitrogens with zero attached hydrogens (tertiary/aromatic N) is 2. The molecule has 0 aliphatic carbocycles. The summed E-state index contributed by atoms with van der Waals surface area (Å²) in [5, 5.41) is 2.97. The smallest absolute Gasteiger partial charge is 0.266 e. The van der Waals surface area contributed by atoms with Crippen LogP contribution in [0.1, 0.15) is 11.1 Å². The second-order valence-corrected chi connectivity index (χ2v) is 4.57. The first-order valence-corrected chi connectivity index (χ1v) is 5.93. The first-order valence-electron chi connectivity index (χ1n) is 5.93. The number of imidazole rings is 1. The van der Waals surface area contributed by atoms with Gasteiger partial charge < -0.3 is 5.32 Å². The Bertz CT molecular complexity index is 558. The van der Waals surface area contributed by atoms with Crippen LogP contribution in [0.25, 0.3) is 0 Å². The van der Waals surface area contributed by atoms with E-state index in [9.17, 15) is 4.79 Å². The van der Waals surface area contributed by atoms with Gasteiger partial charge in [-0.25, -0.2) is 9.13 Å². The molecule has 0 aliphatic rings. The largest absolute Gasteiger partial charge is 0.322 e. The summed E-state index contributed by atoms with van der Waals surface area (Å²) in [5.41, 5.74) is 3.09. The molecule has 1 radical (unpaired) electrons. The van der Waals surface area contributed by atoms with Crippen LogP contribution in [-0.2, 0) is 51.1 Å². The molecule has 1 heterocycles. The molecule has 1 aromatic carbocycles. The van der Waals surface area contributed by atoms with E-state index in [1.165, 1.54) is 0 Å². The number of amides is 1. The Hall–Kier alpha value is -0.996. The van der Waals surface area contributed by atoms with Crippen molar-refractivity contribution in [2.75, 3.05) is 5.32 Å². The molecule has 0 atom stereocenters. The standard InChI is InChI=1S/C14H17N3O.Y/c1-11-5-4-6-12(2)14(11)15-13(18)9-17-8-7-16(3)10-17;/h4-8,10H,9H2,1-3H3;/p+1. The fourth-order valence-electron chi connectivity index (χ4n) is 1.95. The van der Waals surface area contributed by atoms with Gasteiger partial charge in [0.2, 0.25) is 6.33 Å². The number of anilines is 1. The van der Waals surface area contributed by atoms with Crippen molar-refractivity contribution < 1.29 is 42.1 Å². The predicted molar refractivity (Wildman–Crippen MR) is 70.2 cm³/mol. The predicted octanol–water partition coefficient (Wildman–Crippen LogP) is 1.57. The molecule has 1 amide bonds. The van der Waals surface area contributed by atoms with Crippen molar-refractivity contribution in [2.24, 2.45) is 7.05 Å². The molecule has 2 aromatic rings. The number of carbonyl (C=O) groups excluding carboxylic acids is 1. The Labute approximate surface area is 138 Å². The number of rotatable bonds is 3. The molecule has 0 fully saturated rings. The molecular weight excluding hydrogens is 315 g/mol. The third-order valence-electron chi connectivity index (χ3n) is 2.90. The first-order chi connectivity index (χ1) is 8.56. The summed E-state index contributed by atoms with van der Waals surface area (Å²) < 4.78 is 3.76. The molecule has 19 heavy (non-hydrogen) atoms. The van der Waals surface area contributed by atoms with Crippen molar-refractivity contribution in [3.05, 3.63) is 48.0 Å². The first kappa shape index (κ1) is 16.1. The fraction of sp³-hybridized carbons (Fsp3) is 0.286. The van der Waals surface area contributed by atoms with Gasteiger partial charge in [0.25, 0.3) is 5.91 Å². The van der Waals surface area contributed by atoms with E-state index in [1.54, 1.807) is 0 Å². The van der Waals surface area contributed by atoms with E-state index >= 15 is 0 Å². The van der Waals surface area contributed by atoms with Crippen LogP contribution in [-0.4, -0.2) is 10.5 Å². The molecule has 1 N–H and O–H groups in total. The van der Waals surface area contributed by atoms with Crippen LogP contribution in [0, 0.1) is 13.8 Å². The van der Waals surface area contributed by atoms with Crippen LogP contribution in [0.15, 0.2) is 36.9 Å². The molecular formula is C14H18N3OY+. The monoisotopic (exact) mass is 333 g/mol. The Kier molecular flexibility index (Phi) is 5.89. The SMILES string of the molecule is Cc1cccc(C)c1NC(=O)Cn1cc[n+](C)c1.[Y]. The Morgan fingerprint density at radius 2 is 1.95 bits per heavy atom. The summed E-state index contributed by atoms with van der Waals surface area (Å²) in [6.45, 7) is 4.32. The van der Waals surface area contributed by atoms with Crippen LogP contribution < -0.4 is 9.88 Å². The van der Waals surface area contributed by atoms with Gasteiger partial charge in [0.1, 0.15) is 12.4 Å². The number of aromatic nitrogens is 2. The third-order valence-corrected chi connectivity index (χ3v) is 2.90. The summed E-state index contributed by atoms with van der Waals surface area (Å²) in [5.74, 6) is -0.0106. The number of hydrogen-bond acceptors (Lipinski definition) is 1. The maximum Gasteiger partial charge on any atom is 0.266 e. The Morgan fingerprint density at radius 3 is 2.47 bits per heavy atom. The van der Waals surface area contributed by atoms with E-state index in [0.717, 1.165) is 16.8 Å². The Morgan fingerprint density at radius 1 is 1.32 bits per heavy atom. The van der Waals surface area contributed by atoms with E-state index in [-0.39, 0.29) is 38.6 Å². The molecule has 97 valence electrons. The third kappa shape index (κ3) is 4.25. The topological polar surface area (TPSA) is 37.9 Å². The van der Waals surface area contributed by atoms with Crippen LogP contribution in [0.5, 0.6) is 0 Å². The normalized spacial score (nSPS) is 9.84. The second kappa shape index (κ2) is 6.97. The van der Waals surface area contributed by atoms with Crippen molar-refractivity contribution >= 4 is 11.6 Å². The quantitative estimate of drug-likeness (QED) is 0.851. The van der Waals surface area contributed by atoms with Crippen LogP contribution in [0.3, 0.4) is 0 Å². The van der Waals surface area contributed by atoms with Gasteiger partial charge >= 0.3 is 0 Å². The van der Waals surface area contributed by atoms with Gasteiger partial charge in [-0.3, -0.25) is 4.79 Å².